The van der Waals surface area contributed by atoms with Crippen LogP contribution < -0.4 is 10.1 Å². The molecule has 7 heteroatoms. The van der Waals surface area contributed by atoms with Crippen molar-refractivity contribution in [2.75, 3.05) is 27.3 Å². The molecule has 1 aromatic rings. The normalized spacial score (nSPS) is 28.1. The summed E-state index contributed by atoms with van der Waals surface area (Å²) in [6.45, 7) is -0.190. The van der Waals surface area contributed by atoms with Gasteiger partial charge in [0.2, 0.25) is 5.91 Å². The van der Waals surface area contributed by atoms with Crippen molar-refractivity contribution in [3.05, 3.63) is 29.8 Å². The van der Waals surface area contributed by atoms with Gasteiger partial charge in [0, 0.05) is 24.6 Å². The number of likely N-dealkylation sites (N-methyl/N-ethyl adjacent to an activating group) is 1. The molecule has 0 heterocycles. The summed E-state index contributed by atoms with van der Waals surface area (Å²) < 4.78 is 10.4. The predicted octanol–water partition coefficient (Wildman–Crippen LogP) is 2.53. The van der Waals surface area contributed by atoms with E-state index in [4.69, 9.17) is 9.47 Å². The molecule has 0 aromatic heterocycles. The molecule has 1 aromatic carbocycles. The molecule has 0 atom stereocenters. The Bertz CT molecular complexity index is 817. The van der Waals surface area contributed by atoms with Gasteiger partial charge < -0.3 is 19.7 Å². The second-order valence-corrected chi connectivity index (χ2v) is 9.60. The van der Waals surface area contributed by atoms with Gasteiger partial charge in [0.05, 0.1) is 7.11 Å². The number of nitrogens with zero attached hydrogens (tertiary/aromatic N) is 1. The molecule has 2 amide bonds. The number of hydrogen-bond donors (Lipinski definition) is 1. The van der Waals surface area contributed by atoms with Crippen molar-refractivity contribution in [1.29, 1.82) is 0 Å². The second-order valence-electron chi connectivity index (χ2n) is 9.60. The molecular formula is C24H32N2O5. The molecule has 4 aliphatic carbocycles. The van der Waals surface area contributed by atoms with E-state index in [-0.39, 0.29) is 30.4 Å². The van der Waals surface area contributed by atoms with Crippen LogP contribution in [-0.4, -0.2) is 50.0 Å². The van der Waals surface area contributed by atoms with E-state index in [1.807, 2.05) is 24.3 Å². The van der Waals surface area contributed by atoms with Gasteiger partial charge in [0.15, 0.2) is 6.61 Å². The van der Waals surface area contributed by atoms with E-state index in [2.05, 4.69) is 5.32 Å². The summed E-state index contributed by atoms with van der Waals surface area (Å²) in [6, 6.07) is 7.46. The molecule has 0 spiro atoms. The molecule has 7 nitrogen and oxygen atoms in total. The average molecular weight is 429 g/mol. The van der Waals surface area contributed by atoms with Gasteiger partial charge in [-0.15, -0.1) is 0 Å². The topological polar surface area (TPSA) is 84.9 Å². The summed E-state index contributed by atoms with van der Waals surface area (Å²) in [4.78, 5) is 38.9. The first-order valence-electron chi connectivity index (χ1n) is 11.2. The van der Waals surface area contributed by atoms with Crippen molar-refractivity contribution in [2.24, 2.45) is 23.2 Å². The lowest BCUT2D eigenvalue weighted by molar-refractivity contribution is -0.154. The highest BCUT2D eigenvalue weighted by Gasteiger charge is 2.54. The third-order valence-corrected chi connectivity index (χ3v) is 7.30. The van der Waals surface area contributed by atoms with Gasteiger partial charge in [-0.05, 0) is 62.3 Å². The fraction of sp³-hybridized carbons (Fsp3) is 0.625. The van der Waals surface area contributed by atoms with Crippen molar-refractivity contribution < 1.29 is 23.9 Å². The van der Waals surface area contributed by atoms with Gasteiger partial charge in [-0.25, -0.2) is 0 Å². The highest BCUT2D eigenvalue weighted by molar-refractivity contribution is 5.87. The number of rotatable bonds is 8. The zero-order valence-corrected chi connectivity index (χ0v) is 18.4. The standard InChI is InChI=1S/C24H32N2O5/c1-26(14-19-5-3-4-6-20(19)30-2)21(27)15-31-22(28)13-25-23(29)24-10-16-7-17(11-24)9-18(8-16)12-24/h3-6,16-18H,7-15H2,1-2H3,(H,25,29). The number of carbonyl (C=O) groups is 3. The number of carbonyl (C=O) groups excluding carboxylic acids is 3. The summed E-state index contributed by atoms with van der Waals surface area (Å²) in [7, 11) is 3.23. The average Bonchev–Trinajstić information content (AvgIpc) is 2.75. The highest BCUT2D eigenvalue weighted by Crippen LogP contribution is 2.60. The van der Waals surface area contributed by atoms with Crippen molar-refractivity contribution in [3.8, 4) is 5.75 Å². The predicted molar refractivity (Wildman–Crippen MR) is 114 cm³/mol. The van der Waals surface area contributed by atoms with Crippen LogP contribution in [-0.2, 0) is 25.7 Å². The first-order chi connectivity index (χ1) is 14.9. The Morgan fingerprint density at radius 2 is 1.68 bits per heavy atom. The monoisotopic (exact) mass is 428 g/mol. The molecule has 168 valence electrons. The molecule has 4 aliphatic rings. The van der Waals surface area contributed by atoms with Crippen LogP contribution in [0.2, 0.25) is 0 Å². The van der Waals surface area contributed by atoms with E-state index in [9.17, 15) is 14.4 Å². The highest BCUT2D eigenvalue weighted by atomic mass is 16.5. The maximum atomic E-state index is 12.9. The van der Waals surface area contributed by atoms with Crippen LogP contribution in [0.3, 0.4) is 0 Å². The van der Waals surface area contributed by atoms with Gasteiger partial charge in [-0.2, -0.15) is 0 Å². The number of amides is 2. The third-order valence-electron chi connectivity index (χ3n) is 7.30. The fourth-order valence-corrected chi connectivity index (χ4v) is 6.21. The largest absolute Gasteiger partial charge is 0.496 e. The molecule has 4 bridgehead atoms. The maximum absolute atomic E-state index is 12.9. The third kappa shape index (κ3) is 4.70. The minimum Gasteiger partial charge on any atom is -0.496 e. The quantitative estimate of drug-likeness (QED) is 0.643. The number of para-hydroxylation sites is 1. The van der Waals surface area contributed by atoms with Crippen LogP contribution in [0.4, 0.5) is 0 Å². The first-order valence-corrected chi connectivity index (χ1v) is 11.2. The first kappa shape index (κ1) is 21.7. The lowest BCUT2D eigenvalue weighted by Crippen LogP contribution is -2.54. The summed E-state index contributed by atoms with van der Waals surface area (Å²) in [5, 5.41) is 2.79. The van der Waals surface area contributed by atoms with Gasteiger partial charge in [-0.3, -0.25) is 14.4 Å². The van der Waals surface area contributed by atoms with Gasteiger partial charge in [0.25, 0.3) is 5.91 Å². The van der Waals surface area contributed by atoms with Crippen LogP contribution in [0, 0.1) is 23.2 Å². The van der Waals surface area contributed by atoms with E-state index in [0.29, 0.717) is 30.0 Å². The number of benzene rings is 1. The molecular weight excluding hydrogens is 396 g/mol. The summed E-state index contributed by atoms with van der Waals surface area (Å²) in [5.74, 6) is 1.79. The molecule has 0 radical (unpaired) electrons. The van der Waals surface area contributed by atoms with Crippen molar-refractivity contribution in [1.82, 2.24) is 10.2 Å². The van der Waals surface area contributed by atoms with E-state index in [0.717, 1.165) is 24.8 Å². The molecule has 31 heavy (non-hydrogen) atoms. The summed E-state index contributed by atoms with van der Waals surface area (Å²) >= 11 is 0. The fourth-order valence-electron chi connectivity index (χ4n) is 6.21. The van der Waals surface area contributed by atoms with Crippen LogP contribution in [0.1, 0.15) is 44.1 Å². The minimum absolute atomic E-state index is 0.0110. The maximum Gasteiger partial charge on any atom is 0.325 e. The number of ether oxygens (including phenoxy) is 2. The number of methoxy groups -OCH3 is 1. The van der Waals surface area contributed by atoms with Crippen LogP contribution in [0.5, 0.6) is 5.75 Å². The molecule has 4 saturated carbocycles. The summed E-state index contributed by atoms with van der Waals surface area (Å²) in [5.41, 5.74) is 0.579. The van der Waals surface area contributed by atoms with Crippen LogP contribution in [0.15, 0.2) is 24.3 Å². The molecule has 0 saturated heterocycles. The van der Waals surface area contributed by atoms with Gasteiger partial charge >= 0.3 is 5.97 Å². The SMILES string of the molecule is COc1ccccc1CN(C)C(=O)COC(=O)CNC(=O)C12CC3CC(CC(C3)C1)C2. The zero-order chi connectivity index (χ0) is 22.0. The number of esters is 1. The van der Waals surface area contributed by atoms with Crippen molar-refractivity contribution in [2.45, 2.75) is 45.1 Å². The van der Waals surface area contributed by atoms with Gasteiger partial charge in [-0.1, -0.05) is 18.2 Å². The van der Waals surface area contributed by atoms with Crippen molar-refractivity contribution in [3.63, 3.8) is 0 Å². The Labute approximate surface area is 183 Å². The molecule has 0 aliphatic heterocycles. The van der Waals surface area contributed by atoms with E-state index >= 15 is 0 Å². The molecule has 1 N–H and O–H groups in total. The number of hydrogen-bond acceptors (Lipinski definition) is 5. The van der Waals surface area contributed by atoms with Crippen LogP contribution in [0.25, 0.3) is 0 Å². The smallest absolute Gasteiger partial charge is 0.325 e. The second kappa shape index (κ2) is 8.89. The molecule has 5 rings (SSSR count). The number of nitrogens with one attached hydrogen (secondary N) is 1. The van der Waals surface area contributed by atoms with E-state index < -0.39 is 5.97 Å². The Kier molecular flexibility index (Phi) is 6.21. The zero-order valence-electron chi connectivity index (χ0n) is 18.4. The van der Waals surface area contributed by atoms with Crippen LogP contribution >= 0.6 is 0 Å². The lowest BCUT2D eigenvalue weighted by Gasteiger charge is -2.55. The Hall–Kier alpha value is -2.57. The Morgan fingerprint density at radius 3 is 2.29 bits per heavy atom. The van der Waals surface area contributed by atoms with Gasteiger partial charge in [0.1, 0.15) is 12.3 Å². The summed E-state index contributed by atoms with van der Waals surface area (Å²) in [6.07, 6.45) is 6.64. The molecule has 0 unspecified atom stereocenters. The van der Waals surface area contributed by atoms with Crippen molar-refractivity contribution >= 4 is 17.8 Å². The lowest BCUT2D eigenvalue weighted by atomic mass is 9.49. The molecule has 4 fully saturated rings. The Balaban J connectivity index is 1.21. The Morgan fingerprint density at radius 1 is 1.06 bits per heavy atom. The van der Waals surface area contributed by atoms with E-state index in [1.54, 1.807) is 14.2 Å². The minimum atomic E-state index is -0.586. The van der Waals surface area contributed by atoms with E-state index in [1.165, 1.54) is 24.2 Å².